The summed E-state index contributed by atoms with van der Waals surface area (Å²) in [4.78, 5) is 48.7. The van der Waals surface area contributed by atoms with Gasteiger partial charge in [0.25, 0.3) is 17.7 Å². The Labute approximate surface area is 251 Å². The van der Waals surface area contributed by atoms with Gasteiger partial charge >= 0.3 is 0 Å². The monoisotopic (exact) mass is 625 g/mol. The molecule has 0 atom stereocenters. The van der Waals surface area contributed by atoms with Gasteiger partial charge in [-0.05, 0) is 30.8 Å². The topological polar surface area (TPSA) is 113 Å². The first-order chi connectivity index (χ1) is 18.9. The van der Waals surface area contributed by atoms with Gasteiger partial charge in [0.05, 0.1) is 33.8 Å². The molecule has 0 unspecified atom stereocenters. The summed E-state index contributed by atoms with van der Waals surface area (Å²) in [6, 6.07) is 8.55. The number of ether oxygens (including phenoxy) is 2. The van der Waals surface area contributed by atoms with Crippen LogP contribution >= 0.6 is 46.7 Å². The third-order valence-electron chi connectivity index (χ3n) is 6.42. The molecular weight excluding hydrogens is 597 g/mol. The molecule has 2 N–H and O–H groups in total. The number of nitrogens with zero attached hydrogens (tertiary/aromatic N) is 3. The largest absolute Gasteiger partial charge is 0.482 e. The van der Waals surface area contributed by atoms with E-state index in [1.54, 1.807) is 35.2 Å². The van der Waals surface area contributed by atoms with Crippen molar-refractivity contribution in [1.82, 2.24) is 20.1 Å². The summed E-state index contributed by atoms with van der Waals surface area (Å²) in [5.74, 6) is -0.488. The van der Waals surface area contributed by atoms with Gasteiger partial charge < -0.3 is 29.9 Å². The van der Waals surface area contributed by atoms with Crippen molar-refractivity contribution in [2.24, 2.45) is 0 Å². The molecule has 0 spiro atoms. The Morgan fingerprint density at radius 3 is 2.65 bits per heavy atom. The fourth-order valence-corrected chi connectivity index (χ4v) is 6.36. The number of thiophene rings is 1. The summed E-state index contributed by atoms with van der Waals surface area (Å²) >= 11 is 8.53. The Morgan fingerprint density at radius 1 is 1.10 bits per heavy atom. The van der Waals surface area contributed by atoms with Gasteiger partial charge in [-0.3, -0.25) is 14.4 Å². The SMILES string of the molecule is CN1CCc2nc(C(=O)Nc3c(CNC(=O)c4ccc(Cl)s4)cccc3OCC(=O)N3CCOCC3)sc2C1.Cl. The number of carbonyl (C=O) groups excluding carboxylic acids is 3. The molecule has 0 aliphatic carbocycles. The lowest BCUT2D eigenvalue weighted by Crippen LogP contribution is -2.43. The highest BCUT2D eigenvalue weighted by molar-refractivity contribution is 7.18. The third-order valence-corrected chi connectivity index (χ3v) is 8.73. The fraction of sp³-hybridized carbons (Fsp3) is 0.385. The normalized spacial score (nSPS) is 15.1. The van der Waals surface area contributed by atoms with E-state index >= 15 is 0 Å². The van der Waals surface area contributed by atoms with Gasteiger partial charge in [0.15, 0.2) is 11.6 Å². The van der Waals surface area contributed by atoms with E-state index in [1.165, 1.54) is 22.7 Å². The van der Waals surface area contributed by atoms with Gasteiger partial charge in [-0.15, -0.1) is 35.1 Å². The van der Waals surface area contributed by atoms with Crippen molar-refractivity contribution >= 4 is 70.1 Å². The highest BCUT2D eigenvalue weighted by atomic mass is 35.5. The lowest BCUT2D eigenvalue weighted by Gasteiger charge is -2.27. The molecule has 10 nitrogen and oxygen atoms in total. The standard InChI is InChI=1S/C26H28ClN5O5S2.ClH/c1-31-8-7-17-20(14-31)39-26(29-17)25(35)30-23-16(13-28-24(34)19-5-6-21(27)38-19)3-2-4-18(23)37-15-22(33)32-9-11-36-12-10-32;/h2-6H,7-15H2,1H3,(H,28,34)(H,30,35);1H. The predicted molar refractivity (Wildman–Crippen MR) is 157 cm³/mol. The summed E-state index contributed by atoms with van der Waals surface area (Å²) in [7, 11) is 2.04. The van der Waals surface area contributed by atoms with Gasteiger partial charge in [-0.2, -0.15) is 0 Å². The number of halogens is 2. The quantitative estimate of drug-likeness (QED) is 0.392. The van der Waals surface area contributed by atoms with Crippen molar-refractivity contribution in [2.45, 2.75) is 19.5 Å². The van der Waals surface area contributed by atoms with E-state index in [0.717, 1.165) is 30.1 Å². The van der Waals surface area contributed by atoms with Crippen LogP contribution in [0.1, 0.15) is 35.6 Å². The molecule has 0 radical (unpaired) electrons. The number of thiazole rings is 1. The van der Waals surface area contributed by atoms with E-state index < -0.39 is 0 Å². The number of morpholine rings is 1. The number of aromatic nitrogens is 1. The van der Waals surface area contributed by atoms with Crippen molar-refractivity contribution in [1.29, 1.82) is 0 Å². The fourth-order valence-electron chi connectivity index (χ4n) is 4.32. The minimum absolute atomic E-state index is 0. The molecule has 1 fully saturated rings. The van der Waals surface area contributed by atoms with E-state index in [0.29, 0.717) is 57.5 Å². The van der Waals surface area contributed by atoms with E-state index in [1.807, 2.05) is 7.05 Å². The Bertz CT molecular complexity index is 1380. The summed E-state index contributed by atoms with van der Waals surface area (Å²) in [6.45, 7) is 3.58. The first kappa shape index (κ1) is 30.2. The molecule has 2 aliphatic heterocycles. The second-order valence-electron chi connectivity index (χ2n) is 9.19. The number of fused-ring (bicyclic) bond motifs is 1. The van der Waals surface area contributed by atoms with Gasteiger partial charge in [-0.25, -0.2) is 4.98 Å². The number of para-hydroxylation sites is 1. The van der Waals surface area contributed by atoms with Crippen LogP contribution in [0, 0.1) is 0 Å². The van der Waals surface area contributed by atoms with Crippen LogP contribution in [0.5, 0.6) is 5.75 Å². The maximum Gasteiger partial charge on any atom is 0.284 e. The predicted octanol–water partition coefficient (Wildman–Crippen LogP) is 3.69. The average Bonchev–Trinajstić information content (AvgIpc) is 3.57. The molecule has 0 bridgehead atoms. The van der Waals surface area contributed by atoms with Crippen LogP contribution in [0.2, 0.25) is 4.34 Å². The van der Waals surface area contributed by atoms with Gasteiger partial charge in [0.2, 0.25) is 0 Å². The lowest BCUT2D eigenvalue weighted by atomic mass is 10.1. The molecule has 0 saturated carbocycles. The summed E-state index contributed by atoms with van der Waals surface area (Å²) in [5.41, 5.74) is 1.95. The van der Waals surface area contributed by atoms with E-state index in [4.69, 9.17) is 21.1 Å². The molecule has 5 rings (SSSR count). The van der Waals surface area contributed by atoms with Crippen LogP contribution in [0.3, 0.4) is 0 Å². The molecule has 214 valence electrons. The maximum absolute atomic E-state index is 13.3. The van der Waals surface area contributed by atoms with Crippen LogP contribution in [0.15, 0.2) is 30.3 Å². The lowest BCUT2D eigenvalue weighted by molar-refractivity contribution is -0.137. The number of benzene rings is 1. The van der Waals surface area contributed by atoms with Crippen LogP contribution in [-0.4, -0.2) is 79.0 Å². The van der Waals surface area contributed by atoms with Crippen molar-refractivity contribution < 1.29 is 23.9 Å². The Morgan fingerprint density at radius 2 is 1.90 bits per heavy atom. The summed E-state index contributed by atoms with van der Waals surface area (Å²) < 4.78 is 11.8. The molecule has 3 aromatic rings. The molecular formula is C26H29Cl2N5O5S2. The van der Waals surface area contributed by atoms with Crippen molar-refractivity contribution in [3.8, 4) is 5.75 Å². The molecule has 3 amide bonds. The molecule has 1 aromatic carbocycles. The number of carbonyl (C=O) groups is 3. The van der Waals surface area contributed by atoms with Crippen LogP contribution < -0.4 is 15.4 Å². The van der Waals surface area contributed by atoms with Crippen molar-refractivity contribution in [3.63, 3.8) is 0 Å². The summed E-state index contributed by atoms with van der Waals surface area (Å²) in [6.07, 6.45) is 0.795. The smallest absolute Gasteiger partial charge is 0.284 e. The van der Waals surface area contributed by atoms with Gasteiger partial charge in [-0.1, -0.05) is 23.7 Å². The van der Waals surface area contributed by atoms with Crippen LogP contribution in [0.4, 0.5) is 5.69 Å². The number of anilines is 1. The number of hydrogen-bond acceptors (Lipinski definition) is 9. The number of likely N-dealkylation sites (N-methyl/N-ethyl adjacent to an activating group) is 1. The Hall–Kier alpha value is -2.74. The van der Waals surface area contributed by atoms with Crippen molar-refractivity contribution in [2.75, 3.05) is 51.8 Å². The molecule has 40 heavy (non-hydrogen) atoms. The van der Waals surface area contributed by atoms with E-state index in [2.05, 4.69) is 20.5 Å². The number of nitrogens with one attached hydrogen (secondary N) is 2. The van der Waals surface area contributed by atoms with Crippen LogP contribution in [-0.2, 0) is 29.0 Å². The maximum atomic E-state index is 13.3. The number of amides is 3. The zero-order chi connectivity index (χ0) is 27.4. The Balaban J connectivity index is 0.00000370. The first-order valence-corrected chi connectivity index (χ1v) is 14.5. The van der Waals surface area contributed by atoms with E-state index in [9.17, 15) is 14.4 Å². The van der Waals surface area contributed by atoms with Crippen molar-refractivity contribution in [3.05, 3.63) is 60.7 Å². The molecule has 4 heterocycles. The van der Waals surface area contributed by atoms with E-state index in [-0.39, 0.29) is 43.3 Å². The number of hydrogen-bond donors (Lipinski definition) is 2. The zero-order valence-corrected chi connectivity index (χ0v) is 24.9. The zero-order valence-electron chi connectivity index (χ0n) is 21.7. The second-order valence-corrected chi connectivity index (χ2v) is 12.0. The minimum Gasteiger partial charge on any atom is -0.482 e. The van der Waals surface area contributed by atoms with Crippen LogP contribution in [0.25, 0.3) is 0 Å². The second kappa shape index (κ2) is 13.7. The molecule has 14 heteroatoms. The Kier molecular flexibility index (Phi) is 10.4. The highest BCUT2D eigenvalue weighted by Crippen LogP contribution is 2.31. The third kappa shape index (κ3) is 7.31. The average molecular weight is 627 g/mol. The first-order valence-electron chi connectivity index (χ1n) is 12.5. The minimum atomic E-state index is -0.370. The van der Waals surface area contributed by atoms with Gasteiger partial charge in [0, 0.05) is 44.0 Å². The molecule has 1 saturated heterocycles. The molecule has 2 aliphatic rings. The number of rotatable bonds is 8. The van der Waals surface area contributed by atoms with Gasteiger partial charge in [0.1, 0.15) is 5.75 Å². The summed E-state index contributed by atoms with van der Waals surface area (Å²) in [5, 5.41) is 6.17. The molecule has 2 aromatic heterocycles. The highest BCUT2D eigenvalue weighted by Gasteiger charge is 2.24.